The summed E-state index contributed by atoms with van der Waals surface area (Å²) in [5.74, 6) is 0.676. The van der Waals surface area contributed by atoms with Gasteiger partial charge in [-0.05, 0) is 37.6 Å². The van der Waals surface area contributed by atoms with Crippen LogP contribution in [0.15, 0.2) is 53.0 Å². The molecule has 0 unspecified atom stereocenters. The topological polar surface area (TPSA) is 43.8 Å². The maximum absolute atomic E-state index is 6.25. The minimum absolute atomic E-state index is 0.676. The summed E-state index contributed by atoms with van der Waals surface area (Å²) in [5.41, 5.74) is 11.4. The Labute approximate surface area is 132 Å². The zero-order valence-corrected chi connectivity index (χ0v) is 13.6. The second-order valence-electron chi connectivity index (χ2n) is 5.02. The van der Waals surface area contributed by atoms with E-state index in [1.165, 1.54) is 5.56 Å². The van der Waals surface area contributed by atoms with Crippen LogP contribution in [0.4, 0.5) is 5.82 Å². The van der Waals surface area contributed by atoms with Gasteiger partial charge in [-0.3, -0.25) is 0 Å². The van der Waals surface area contributed by atoms with E-state index >= 15 is 0 Å². The predicted molar refractivity (Wildman–Crippen MR) is 90.6 cm³/mol. The lowest BCUT2D eigenvalue weighted by Crippen LogP contribution is -2.01. The van der Waals surface area contributed by atoms with E-state index in [4.69, 9.17) is 10.8 Å². The monoisotopic (exact) mass is 341 g/mol. The van der Waals surface area contributed by atoms with Gasteiger partial charge in [-0.25, -0.2) is 4.68 Å². The fourth-order valence-corrected chi connectivity index (χ4v) is 2.76. The minimum Gasteiger partial charge on any atom is -0.383 e. The largest absolute Gasteiger partial charge is 0.383 e. The SMILES string of the molecule is Cc1c(Br)cccc1-c1nn(-c2ccccc2)c(N)c1C. The summed E-state index contributed by atoms with van der Waals surface area (Å²) >= 11 is 3.57. The van der Waals surface area contributed by atoms with Crippen molar-refractivity contribution in [3.05, 3.63) is 64.1 Å². The van der Waals surface area contributed by atoms with Crippen LogP contribution < -0.4 is 5.73 Å². The molecule has 3 rings (SSSR count). The first-order valence-corrected chi connectivity index (χ1v) is 7.55. The van der Waals surface area contributed by atoms with Crippen LogP contribution in [0.25, 0.3) is 16.9 Å². The third kappa shape index (κ3) is 2.36. The molecule has 1 aromatic heterocycles. The number of aromatic nitrogens is 2. The third-order valence-electron chi connectivity index (χ3n) is 3.69. The molecule has 106 valence electrons. The molecule has 0 aliphatic heterocycles. The quantitative estimate of drug-likeness (QED) is 0.745. The number of para-hydroxylation sites is 1. The van der Waals surface area contributed by atoms with Crippen LogP contribution in [0.1, 0.15) is 11.1 Å². The van der Waals surface area contributed by atoms with Crippen molar-refractivity contribution in [1.82, 2.24) is 9.78 Å². The highest BCUT2D eigenvalue weighted by Gasteiger charge is 2.16. The molecule has 3 aromatic rings. The van der Waals surface area contributed by atoms with E-state index < -0.39 is 0 Å². The summed E-state index contributed by atoms with van der Waals surface area (Å²) in [4.78, 5) is 0. The van der Waals surface area contributed by atoms with Gasteiger partial charge >= 0.3 is 0 Å². The first kappa shape index (κ1) is 13.9. The van der Waals surface area contributed by atoms with Crippen molar-refractivity contribution in [1.29, 1.82) is 0 Å². The standard InChI is InChI=1S/C17H16BrN3/c1-11-14(9-6-10-15(11)18)16-12(2)17(19)21(20-16)13-7-4-3-5-8-13/h3-10H,19H2,1-2H3. The van der Waals surface area contributed by atoms with Crippen molar-refractivity contribution in [3.8, 4) is 16.9 Å². The number of benzene rings is 2. The van der Waals surface area contributed by atoms with E-state index in [1.54, 1.807) is 4.68 Å². The fraction of sp³-hybridized carbons (Fsp3) is 0.118. The van der Waals surface area contributed by atoms with Gasteiger partial charge in [0.15, 0.2) is 0 Å². The van der Waals surface area contributed by atoms with Gasteiger partial charge in [0.05, 0.1) is 11.4 Å². The molecular formula is C17H16BrN3. The predicted octanol–water partition coefficient (Wildman–Crippen LogP) is 4.50. The molecule has 4 heteroatoms. The van der Waals surface area contributed by atoms with Gasteiger partial charge in [0.2, 0.25) is 0 Å². The second-order valence-corrected chi connectivity index (χ2v) is 5.87. The molecule has 3 nitrogen and oxygen atoms in total. The highest BCUT2D eigenvalue weighted by molar-refractivity contribution is 9.10. The van der Waals surface area contributed by atoms with Gasteiger partial charge in [-0.1, -0.05) is 46.3 Å². The van der Waals surface area contributed by atoms with Crippen LogP contribution >= 0.6 is 15.9 Å². The van der Waals surface area contributed by atoms with Crippen LogP contribution in [-0.4, -0.2) is 9.78 Å². The Morgan fingerprint density at radius 3 is 2.38 bits per heavy atom. The molecule has 2 aromatic carbocycles. The molecule has 0 bridgehead atoms. The van der Waals surface area contributed by atoms with E-state index in [-0.39, 0.29) is 0 Å². The zero-order valence-electron chi connectivity index (χ0n) is 12.0. The van der Waals surface area contributed by atoms with Gasteiger partial charge < -0.3 is 5.73 Å². The first-order chi connectivity index (χ1) is 10.1. The number of rotatable bonds is 2. The highest BCUT2D eigenvalue weighted by Crippen LogP contribution is 2.33. The smallest absolute Gasteiger partial charge is 0.130 e. The van der Waals surface area contributed by atoms with Crippen molar-refractivity contribution >= 4 is 21.7 Å². The molecule has 0 aliphatic rings. The Kier molecular flexibility index (Phi) is 3.55. The maximum atomic E-state index is 6.25. The van der Waals surface area contributed by atoms with Gasteiger partial charge in [0, 0.05) is 15.6 Å². The zero-order chi connectivity index (χ0) is 15.0. The average molecular weight is 342 g/mol. The van der Waals surface area contributed by atoms with Crippen LogP contribution in [0.2, 0.25) is 0 Å². The number of nitrogens with zero attached hydrogens (tertiary/aromatic N) is 2. The molecule has 0 amide bonds. The molecule has 0 radical (unpaired) electrons. The molecular weight excluding hydrogens is 326 g/mol. The van der Waals surface area contributed by atoms with Crippen molar-refractivity contribution in [3.63, 3.8) is 0 Å². The Hall–Kier alpha value is -2.07. The molecule has 0 atom stereocenters. The van der Waals surface area contributed by atoms with Crippen molar-refractivity contribution < 1.29 is 0 Å². The Balaban J connectivity index is 2.20. The fourth-order valence-electron chi connectivity index (χ4n) is 2.39. The van der Waals surface area contributed by atoms with Gasteiger partial charge in [0.1, 0.15) is 5.82 Å². The molecule has 2 N–H and O–H groups in total. The lowest BCUT2D eigenvalue weighted by Gasteiger charge is -2.05. The summed E-state index contributed by atoms with van der Waals surface area (Å²) in [6.45, 7) is 4.09. The summed E-state index contributed by atoms with van der Waals surface area (Å²) in [6, 6.07) is 16.1. The molecule has 21 heavy (non-hydrogen) atoms. The molecule has 1 heterocycles. The minimum atomic E-state index is 0.676. The summed E-state index contributed by atoms with van der Waals surface area (Å²) in [5, 5.41) is 4.72. The first-order valence-electron chi connectivity index (χ1n) is 6.75. The van der Waals surface area contributed by atoms with Crippen molar-refractivity contribution in [2.45, 2.75) is 13.8 Å². The van der Waals surface area contributed by atoms with E-state index in [9.17, 15) is 0 Å². The van der Waals surface area contributed by atoms with Crippen LogP contribution in [0, 0.1) is 13.8 Å². The van der Waals surface area contributed by atoms with Gasteiger partial charge in [-0.2, -0.15) is 5.10 Å². The molecule has 0 aliphatic carbocycles. The van der Waals surface area contributed by atoms with Crippen molar-refractivity contribution in [2.24, 2.45) is 0 Å². The van der Waals surface area contributed by atoms with Crippen LogP contribution in [0.5, 0.6) is 0 Å². The second kappa shape index (κ2) is 5.37. The van der Waals surface area contributed by atoms with E-state index in [0.29, 0.717) is 5.82 Å². The number of hydrogen-bond acceptors (Lipinski definition) is 2. The molecule has 0 fully saturated rings. The van der Waals surface area contributed by atoms with E-state index in [0.717, 1.165) is 27.0 Å². The van der Waals surface area contributed by atoms with Crippen LogP contribution in [-0.2, 0) is 0 Å². The number of hydrogen-bond donors (Lipinski definition) is 1. The number of nitrogen functional groups attached to an aromatic ring is 1. The summed E-state index contributed by atoms with van der Waals surface area (Å²) in [7, 11) is 0. The normalized spacial score (nSPS) is 10.8. The number of nitrogens with two attached hydrogens (primary N) is 1. The average Bonchev–Trinajstić information content (AvgIpc) is 2.79. The molecule has 0 saturated heterocycles. The van der Waals surface area contributed by atoms with Gasteiger partial charge in [0.25, 0.3) is 0 Å². The summed E-state index contributed by atoms with van der Waals surface area (Å²) in [6.07, 6.45) is 0. The highest BCUT2D eigenvalue weighted by atomic mass is 79.9. The lowest BCUT2D eigenvalue weighted by atomic mass is 10.0. The Morgan fingerprint density at radius 2 is 1.67 bits per heavy atom. The maximum Gasteiger partial charge on any atom is 0.130 e. The van der Waals surface area contributed by atoms with E-state index in [2.05, 4.69) is 28.9 Å². The Bertz CT molecular complexity index is 791. The lowest BCUT2D eigenvalue weighted by molar-refractivity contribution is 0.894. The molecule has 0 spiro atoms. The Morgan fingerprint density at radius 1 is 0.952 bits per heavy atom. The van der Waals surface area contributed by atoms with E-state index in [1.807, 2.05) is 49.4 Å². The van der Waals surface area contributed by atoms with Gasteiger partial charge in [-0.15, -0.1) is 0 Å². The number of anilines is 1. The van der Waals surface area contributed by atoms with Crippen LogP contribution in [0.3, 0.4) is 0 Å². The summed E-state index contributed by atoms with van der Waals surface area (Å²) < 4.78 is 2.87. The number of halogens is 1. The van der Waals surface area contributed by atoms with Crippen molar-refractivity contribution in [2.75, 3.05) is 5.73 Å². The third-order valence-corrected chi connectivity index (χ3v) is 4.55. The molecule has 0 saturated carbocycles.